The summed E-state index contributed by atoms with van der Waals surface area (Å²) in [6.45, 7) is 8.67. The van der Waals surface area contributed by atoms with Gasteiger partial charge in [0.05, 0.1) is 25.5 Å². The number of furan rings is 1. The molecule has 136 valence electrons. The summed E-state index contributed by atoms with van der Waals surface area (Å²) in [5, 5.41) is 5.91. The molecule has 0 bridgehead atoms. The Kier molecular flexibility index (Phi) is 6.65. The number of rotatable bonds is 7. The molecule has 1 aromatic rings. The van der Waals surface area contributed by atoms with Crippen molar-refractivity contribution in [1.29, 1.82) is 0 Å². The molecule has 2 N–H and O–H groups in total. The molecule has 0 saturated carbocycles. The molecule has 0 radical (unpaired) electrons. The third kappa shape index (κ3) is 5.22. The van der Waals surface area contributed by atoms with E-state index in [0.29, 0.717) is 13.1 Å². The van der Waals surface area contributed by atoms with E-state index in [2.05, 4.69) is 29.4 Å². The number of morpholine rings is 1. The van der Waals surface area contributed by atoms with E-state index >= 15 is 0 Å². The Bertz CT molecular complexity index is 496. The van der Waals surface area contributed by atoms with Crippen LogP contribution in [0.1, 0.15) is 25.6 Å². The molecule has 0 spiro atoms. The van der Waals surface area contributed by atoms with Crippen LogP contribution in [0.5, 0.6) is 0 Å². The maximum absolute atomic E-state index is 12.2. The summed E-state index contributed by atoms with van der Waals surface area (Å²) in [4.78, 5) is 16.5. The van der Waals surface area contributed by atoms with Crippen molar-refractivity contribution in [3.05, 3.63) is 24.2 Å². The van der Waals surface area contributed by atoms with E-state index in [1.54, 1.807) is 6.26 Å². The zero-order valence-electron chi connectivity index (χ0n) is 15.2. The lowest BCUT2D eigenvalue weighted by molar-refractivity contribution is -0.00875. The predicted molar refractivity (Wildman–Crippen MR) is 93.0 cm³/mol. The molecule has 1 saturated heterocycles. The van der Waals surface area contributed by atoms with Crippen molar-refractivity contribution in [3.8, 4) is 0 Å². The van der Waals surface area contributed by atoms with Crippen LogP contribution in [0.3, 0.4) is 0 Å². The quantitative estimate of drug-likeness (QED) is 0.784. The Morgan fingerprint density at radius 3 is 2.62 bits per heavy atom. The lowest BCUT2D eigenvalue weighted by atomic mass is 10.0. The fraction of sp³-hybridized carbons (Fsp3) is 0.706. The number of carbonyl (C=O) groups is 1. The van der Waals surface area contributed by atoms with Crippen LogP contribution in [0.15, 0.2) is 22.8 Å². The molecule has 1 aliphatic heterocycles. The summed E-state index contributed by atoms with van der Waals surface area (Å²) in [6.07, 6.45) is 1.65. The largest absolute Gasteiger partial charge is 0.468 e. The fourth-order valence-electron chi connectivity index (χ4n) is 2.85. The average molecular weight is 338 g/mol. The topological polar surface area (TPSA) is 70.0 Å². The average Bonchev–Trinajstić information content (AvgIpc) is 3.08. The summed E-state index contributed by atoms with van der Waals surface area (Å²) < 4.78 is 10.8. The maximum Gasteiger partial charge on any atom is 0.314 e. The minimum Gasteiger partial charge on any atom is -0.468 e. The second-order valence-electron chi connectivity index (χ2n) is 6.97. The molecule has 1 unspecified atom stereocenters. The Balaban J connectivity index is 1.78. The van der Waals surface area contributed by atoms with E-state index in [4.69, 9.17) is 9.15 Å². The van der Waals surface area contributed by atoms with E-state index in [0.717, 1.165) is 32.1 Å². The molecule has 0 aliphatic carbocycles. The summed E-state index contributed by atoms with van der Waals surface area (Å²) >= 11 is 0. The predicted octanol–water partition coefficient (Wildman–Crippen LogP) is 1.29. The number of amides is 2. The second-order valence-corrected chi connectivity index (χ2v) is 6.97. The first kappa shape index (κ1) is 18.8. The maximum atomic E-state index is 12.2. The van der Waals surface area contributed by atoms with Gasteiger partial charge in [-0.2, -0.15) is 0 Å². The molecular formula is C17H30N4O3. The number of hydrogen-bond acceptors (Lipinski definition) is 5. The van der Waals surface area contributed by atoms with Gasteiger partial charge >= 0.3 is 6.03 Å². The number of nitrogens with one attached hydrogen (secondary N) is 2. The molecule has 1 fully saturated rings. The minimum atomic E-state index is -0.158. The third-order valence-corrected chi connectivity index (χ3v) is 4.50. The highest BCUT2D eigenvalue weighted by atomic mass is 16.5. The fourth-order valence-corrected chi connectivity index (χ4v) is 2.85. The Morgan fingerprint density at radius 2 is 2.04 bits per heavy atom. The van der Waals surface area contributed by atoms with Crippen LogP contribution in [-0.2, 0) is 4.74 Å². The van der Waals surface area contributed by atoms with Crippen molar-refractivity contribution in [2.24, 2.45) is 0 Å². The molecule has 2 amide bonds. The minimum absolute atomic E-state index is 0.0120. The second kappa shape index (κ2) is 8.50. The van der Waals surface area contributed by atoms with Crippen molar-refractivity contribution in [3.63, 3.8) is 0 Å². The van der Waals surface area contributed by atoms with Crippen molar-refractivity contribution < 1.29 is 13.9 Å². The van der Waals surface area contributed by atoms with Crippen LogP contribution in [0.4, 0.5) is 4.79 Å². The summed E-state index contributed by atoms with van der Waals surface area (Å²) in [5.41, 5.74) is -0.0942. The molecule has 24 heavy (non-hydrogen) atoms. The lowest BCUT2D eigenvalue weighted by Crippen LogP contribution is -2.56. The highest BCUT2D eigenvalue weighted by Crippen LogP contribution is 2.17. The molecule has 7 heteroatoms. The van der Waals surface area contributed by atoms with E-state index in [-0.39, 0.29) is 17.6 Å². The number of likely N-dealkylation sites (N-methyl/N-ethyl adjacent to an activating group) is 1. The van der Waals surface area contributed by atoms with E-state index < -0.39 is 0 Å². The Hall–Kier alpha value is -1.57. The third-order valence-electron chi connectivity index (χ3n) is 4.50. The Morgan fingerprint density at radius 1 is 1.33 bits per heavy atom. The smallest absolute Gasteiger partial charge is 0.314 e. The van der Waals surface area contributed by atoms with Crippen LogP contribution in [-0.4, -0.2) is 74.9 Å². The summed E-state index contributed by atoms with van der Waals surface area (Å²) in [6, 6.07) is 3.63. The van der Waals surface area contributed by atoms with Crippen LogP contribution in [0.2, 0.25) is 0 Å². The van der Waals surface area contributed by atoms with Gasteiger partial charge < -0.3 is 19.8 Å². The van der Waals surface area contributed by atoms with Gasteiger partial charge in [-0.15, -0.1) is 0 Å². The number of ether oxygens (including phenoxy) is 1. The standard InChI is InChI=1S/C17H30N4O3/c1-17(2,21-7-10-23-11-8-21)13-19-16(22)18-12-14(20(3)4)15-6-5-9-24-15/h5-6,9,14H,7-8,10-13H2,1-4H3,(H2,18,19,22). The number of hydrogen-bond donors (Lipinski definition) is 2. The molecule has 0 aromatic carbocycles. The van der Waals surface area contributed by atoms with Gasteiger partial charge in [0.2, 0.25) is 0 Å². The van der Waals surface area contributed by atoms with E-state index in [9.17, 15) is 4.79 Å². The van der Waals surface area contributed by atoms with Crippen molar-refractivity contribution >= 4 is 6.03 Å². The number of carbonyl (C=O) groups excluding carboxylic acids is 1. The van der Waals surface area contributed by atoms with Gasteiger partial charge in [-0.25, -0.2) is 4.79 Å². The molecule has 2 heterocycles. The van der Waals surface area contributed by atoms with Gasteiger partial charge in [-0.1, -0.05) is 0 Å². The van der Waals surface area contributed by atoms with Gasteiger partial charge in [0.1, 0.15) is 5.76 Å². The molecule has 2 rings (SSSR count). The highest BCUT2D eigenvalue weighted by molar-refractivity contribution is 5.73. The van der Waals surface area contributed by atoms with Crippen molar-refractivity contribution in [1.82, 2.24) is 20.4 Å². The van der Waals surface area contributed by atoms with Crippen LogP contribution < -0.4 is 10.6 Å². The molecule has 1 atom stereocenters. The van der Waals surface area contributed by atoms with Gasteiger partial charge in [0.25, 0.3) is 0 Å². The first-order chi connectivity index (χ1) is 11.4. The summed E-state index contributed by atoms with van der Waals surface area (Å²) in [5.74, 6) is 0.842. The number of nitrogens with zero attached hydrogens (tertiary/aromatic N) is 2. The monoisotopic (exact) mass is 338 g/mol. The highest BCUT2D eigenvalue weighted by Gasteiger charge is 2.28. The zero-order chi connectivity index (χ0) is 17.6. The van der Waals surface area contributed by atoms with Crippen LogP contribution in [0, 0.1) is 0 Å². The Labute approximate surface area is 144 Å². The van der Waals surface area contributed by atoms with Crippen molar-refractivity contribution in [2.45, 2.75) is 25.4 Å². The SMILES string of the molecule is CN(C)C(CNC(=O)NCC(C)(C)N1CCOCC1)c1ccco1. The number of urea groups is 1. The lowest BCUT2D eigenvalue weighted by Gasteiger charge is -2.40. The summed E-state index contributed by atoms with van der Waals surface area (Å²) in [7, 11) is 3.93. The van der Waals surface area contributed by atoms with E-state index in [1.165, 1.54) is 0 Å². The molecular weight excluding hydrogens is 308 g/mol. The molecule has 7 nitrogen and oxygen atoms in total. The molecule has 1 aromatic heterocycles. The van der Waals surface area contributed by atoms with Gasteiger partial charge in [-0.3, -0.25) is 9.80 Å². The van der Waals surface area contributed by atoms with Gasteiger partial charge in [-0.05, 0) is 40.1 Å². The van der Waals surface area contributed by atoms with Crippen LogP contribution >= 0.6 is 0 Å². The van der Waals surface area contributed by atoms with Crippen molar-refractivity contribution in [2.75, 3.05) is 53.5 Å². The van der Waals surface area contributed by atoms with E-state index in [1.807, 2.05) is 31.1 Å². The molecule has 1 aliphatic rings. The zero-order valence-corrected chi connectivity index (χ0v) is 15.2. The van der Waals surface area contributed by atoms with Gasteiger partial charge in [0.15, 0.2) is 0 Å². The normalized spacial score (nSPS) is 17.7. The first-order valence-electron chi connectivity index (χ1n) is 8.44. The first-order valence-corrected chi connectivity index (χ1v) is 8.44. The van der Waals surface area contributed by atoms with Crippen LogP contribution in [0.25, 0.3) is 0 Å². The van der Waals surface area contributed by atoms with Gasteiger partial charge in [0, 0.05) is 31.7 Å².